The van der Waals surface area contributed by atoms with Crippen LogP contribution in [0.15, 0.2) is 168 Å². The van der Waals surface area contributed by atoms with Crippen LogP contribution in [0, 0.1) is 0 Å². The maximum Gasteiger partial charge on any atom is 0.335 e. The molecule has 2 heterocycles. The zero-order valence-electron chi connectivity index (χ0n) is 34.9. The zero-order valence-corrected chi connectivity index (χ0v) is 35.6. The molecule has 61 heavy (non-hydrogen) atoms. The number of halogens is 1. The number of hydrogen-bond acceptors (Lipinski definition) is 3. The Bertz CT molecular complexity index is 2950. The van der Waals surface area contributed by atoms with Gasteiger partial charge in [0.25, 0.3) is 0 Å². The van der Waals surface area contributed by atoms with Crippen molar-refractivity contribution in [3.05, 3.63) is 201 Å². The molecule has 0 saturated carbocycles. The monoisotopic (exact) mass is 823 g/mol. The van der Waals surface area contributed by atoms with Crippen LogP contribution in [0.1, 0.15) is 89.9 Å². The fourth-order valence-electron chi connectivity index (χ4n) is 9.85. The highest BCUT2D eigenvalue weighted by atomic mass is 35.5. The summed E-state index contributed by atoms with van der Waals surface area (Å²) >= 11 is 7.41. The number of nitrogens with zero attached hydrogens (tertiary/aromatic N) is 2. The predicted molar refractivity (Wildman–Crippen MR) is 248 cm³/mol. The van der Waals surface area contributed by atoms with Gasteiger partial charge >= 0.3 is 11.9 Å². The van der Waals surface area contributed by atoms with Crippen LogP contribution in [-0.4, -0.2) is 32.4 Å². The molecule has 9 rings (SSSR count). The second-order valence-corrected chi connectivity index (χ2v) is 17.8. The van der Waals surface area contributed by atoms with Crippen molar-refractivity contribution in [1.82, 2.24) is 0 Å². The lowest BCUT2D eigenvalue weighted by Gasteiger charge is -2.27. The number of hydrogen-bond donors (Lipinski definition) is 2. The molecule has 2 aliphatic heterocycles. The smallest absolute Gasteiger partial charge is 0.335 e. The van der Waals surface area contributed by atoms with E-state index in [0.717, 1.165) is 69.4 Å². The van der Waals surface area contributed by atoms with Crippen LogP contribution in [0.25, 0.3) is 21.5 Å². The van der Waals surface area contributed by atoms with Gasteiger partial charge in [0.05, 0.1) is 16.5 Å². The van der Waals surface area contributed by atoms with E-state index >= 15 is 0 Å². The number of anilines is 1. The lowest BCUT2D eigenvalue weighted by atomic mass is 9.78. The molecule has 0 aromatic heterocycles. The van der Waals surface area contributed by atoms with E-state index in [1.807, 2.05) is 24.3 Å². The number of carbonyl (C=O) groups is 2. The number of carboxylic acids is 2. The lowest BCUT2D eigenvalue weighted by molar-refractivity contribution is -0.455. The maximum atomic E-state index is 11.6. The van der Waals surface area contributed by atoms with E-state index in [-0.39, 0.29) is 22.0 Å². The average Bonchev–Trinajstić information content (AvgIpc) is 3.61. The highest BCUT2D eigenvalue weighted by Gasteiger charge is 2.46. The highest BCUT2D eigenvalue weighted by Crippen LogP contribution is 2.52. The summed E-state index contributed by atoms with van der Waals surface area (Å²) in [4.78, 5) is 25.7. The molecular formula is C54H48ClN2O4+. The van der Waals surface area contributed by atoms with E-state index in [4.69, 9.17) is 11.6 Å². The van der Waals surface area contributed by atoms with Crippen LogP contribution in [-0.2, 0) is 23.9 Å². The van der Waals surface area contributed by atoms with Gasteiger partial charge in [0.1, 0.15) is 0 Å². The van der Waals surface area contributed by atoms with Gasteiger partial charge in [-0.25, -0.2) is 9.59 Å². The van der Waals surface area contributed by atoms with Gasteiger partial charge < -0.3 is 15.1 Å². The van der Waals surface area contributed by atoms with E-state index in [1.54, 1.807) is 24.3 Å². The van der Waals surface area contributed by atoms with E-state index in [2.05, 4.69) is 134 Å². The normalized spacial score (nSPS) is 18.2. The molecule has 6 nitrogen and oxygen atoms in total. The predicted octanol–water partition coefficient (Wildman–Crippen LogP) is 13.0. The SMILES string of the molecule is CC1(C)C(/C=C\C2=C(Cl)C(=C\C=C3\N(Cc4ccc(C(=O)O)cc4)c4ccc5ccccc5c4C3(C)C)/CCC2)=[N+](Cc2ccc(C(=O)O)cc2)c2ccc3ccccc3c21. The number of rotatable bonds is 9. The van der Waals surface area contributed by atoms with Crippen LogP contribution >= 0.6 is 11.6 Å². The largest absolute Gasteiger partial charge is 0.478 e. The Morgan fingerprint density at radius 1 is 0.672 bits per heavy atom. The second kappa shape index (κ2) is 15.5. The van der Waals surface area contributed by atoms with Crippen molar-refractivity contribution < 1.29 is 24.4 Å². The van der Waals surface area contributed by atoms with E-state index in [1.165, 1.54) is 32.7 Å². The summed E-state index contributed by atoms with van der Waals surface area (Å²) in [6, 6.07) is 40.2. The van der Waals surface area contributed by atoms with Gasteiger partial charge in [0.2, 0.25) is 5.69 Å². The van der Waals surface area contributed by atoms with Gasteiger partial charge in [-0.3, -0.25) is 0 Å². The first kappa shape index (κ1) is 39.9. The molecule has 0 bridgehead atoms. The van der Waals surface area contributed by atoms with Crippen molar-refractivity contribution in [3.63, 3.8) is 0 Å². The molecule has 1 aliphatic carbocycles. The minimum Gasteiger partial charge on any atom is -0.478 e. The van der Waals surface area contributed by atoms with Crippen LogP contribution in [0.5, 0.6) is 0 Å². The molecule has 0 radical (unpaired) electrons. The first-order chi connectivity index (χ1) is 29.3. The molecule has 0 unspecified atom stereocenters. The minimum absolute atomic E-state index is 0.272. The van der Waals surface area contributed by atoms with Crippen molar-refractivity contribution in [1.29, 1.82) is 0 Å². The molecule has 0 saturated heterocycles. The molecule has 7 heteroatoms. The Labute approximate surface area is 361 Å². The Kier molecular flexibility index (Phi) is 10.2. The standard InChI is InChI=1S/C54H47ClN2O4/c1-53(2)46(56(32-34-16-20-40(21-17-34)51(58)59)44-28-24-36-10-5-7-14-42(36)48(44)53)30-26-38-12-9-13-39(50(38)55)27-31-47-54(3,4)49-43-15-8-6-11-37(43)25-29-45(49)57(47)33-35-18-22-41(23-19-35)52(60)61/h5-8,10-11,14-31H,9,12-13,32-33H2,1-4H3,(H-,58,59,60,61)/p+1. The van der Waals surface area contributed by atoms with Gasteiger partial charge in [0, 0.05) is 51.6 Å². The third-order valence-electron chi connectivity index (χ3n) is 12.9. The molecule has 3 aliphatic rings. The summed E-state index contributed by atoms with van der Waals surface area (Å²) in [5.41, 5.74) is 11.3. The fraction of sp³-hybridized carbons (Fsp3) is 0.204. The summed E-state index contributed by atoms with van der Waals surface area (Å²) in [5.74, 6) is -1.87. The number of fused-ring (bicyclic) bond motifs is 6. The van der Waals surface area contributed by atoms with E-state index in [0.29, 0.717) is 13.1 Å². The molecule has 2 N–H and O–H groups in total. The number of allylic oxidation sites excluding steroid dienone is 8. The molecule has 0 amide bonds. The van der Waals surface area contributed by atoms with Crippen LogP contribution in [0.2, 0.25) is 0 Å². The van der Waals surface area contributed by atoms with E-state index < -0.39 is 11.9 Å². The third kappa shape index (κ3) is 7.09. The Balaban J connectivity index is 1.10. The summed E-state index contributed by atoms with van der Waals surface area (Å²) in [5, 5.41) is 24.7. The topological polar surface area (TPSA) is 80.9 Å². The zero-order chi connectivity index (χ0) is 42.6. The fourth-order valence-corrected chi connectivity index (χ4v) is 10.2. The summed E-state index contributed by atoms with van der Waals surface area (Å²) in [7, 11) is 0. The van der Waals surface area contributed by atoms with Crippen LogP contribution in [0.4, 0.5) is 11.4 Å². The van der Waals surface area contributed by atoms with Gasteiger partial charge in [-0.05, 0) is 119 Å². The highest BCUT2D eigenvalue weighted by molar-refractivity contribution is 6.32. The molecule has 304 valence electrons. The van der Waals surface area contributed by atoms with Crippen molar-refractivity contribution in [2.75, 3.05) is 4.90 Å². The Hall–Kier alpha value is -6.50. The number of carboxylic acid groups (broad SMARTS) is 2. The van der Waals surface area contributed by atoms with Crippen molar-refractivity contribution in [2.24, 2.45) is 0 Å². The molecular weight excluding hydrogens is 776 g/mol. The van der Waals surface area contributed by atoms with Crippen LogP contribution < -0.4 is 4.90 Å². The molecule has 0 atom stereocenters. The Morgan fingerprint density at radius 3 is 1.90 bits per heavy atom. The first-order valence-corrected chi connectivity index (χ1v) is 21.3. The maximum absolute atomic E-state index is 11.6. The number of benzene rings is 6. The van der Waals surface area contributed by atoms with Crippen molar-refractivity contribution in [3.8, 4) is 0 Å². The summed E-state index contributed by atoms with van der Waals surface area (Å²) in [6.45, 7) is 10.3. The third-order valence-corrected chi connectivity index (χ3v) is 13.4. The van der Waals surface area contributed by atoms with Crippen LogP contribution in [0.3, 0.4) is 0 Å². The Morgan fingerprint density at radius 2 is 1.26 bits per heavy atom. The first-order valence-electron chi connectivity index (χ1n) is 20.9. The molecule has 6 aromatic carbocycles. The van der Waals surface area contributed by atoms with Gasteiger partial charge in [-0.2, -0.15) is 4.58 Å². The van der Waals surface area contributed by atoms with Crippen molar-refractivity contribution >= 4 is 62.2 Å². The number of aromatic carboxylic acids is 2. The summed E-state index contributed by atoms with van der Waals surface area (Å²) < 4.78 is 2.37. The van der Waals surface area contributed by atoms with Gasteiger partial charge in [-0.15, -0.1) is 0 Å². The second-order valence-electron chi connectivity index (χ2n) is 17.4. The van der Waals surface area contributed by atoms with Gasteiger partial charge in [-0.1, -0.05) is 116 Å². The van der Waals surface area contributed by atoms with Gasteiger partial charge in [0.15, 0.2) is 12.3 Å². The minimum atomic E-state index is -0.934. The summed E-state index contributed by atoms with van der Waals surface area (Å²) in [6.07, 6.45) is 11.6. The molecule has 6 aromatic rings. The molecule has 0 fully saturated rings. The average molecular weight is 824 g/mol. The lowest BCUT2D eigenvalue weighted by Crippen LogP contribution is -2.27. The van der Waals surface area contributed by atoms with E-state index in [9.17, 15) is 19.8 Å². The quantitative estimate of drug-likeness (QED) is 0.142. The van der Waals surface area contributed by atoms with Crippen molar-refractivity contribution in [2.45, 2.75) is 70.9 Å². The molecule has 0 spiro atoms.